The lowest BCUT2D eigenvalue weighted by molar-refractivity contribution is 0.229. The average Bonchev–Trinajstić information content (AvgIpc) is 2.97. The van der Waals surface area contributed by atoms with Crippen LogP contribution in [0.3, 0.4) is 0 Å². The van der Waals surface area contributed by atoms with E-state index in [1.807, 2.05) is 0 Å². The van der Waals surface area contributed by atoms with Gasteiger partial charge in [0.2, 0.25) is 0 Å². The molecule has 0 bridgehead atoms. The zero-order valence-electron chi connectivity index (χ0n) is 9.85. The first-order chi connectivity index (χ1) is 7.63. The van der Waals surface area contributed by atoms with Crippen LogP contribution < -0.4 is 5.73 Å². The van der Waals surface area contributed by atoms with E-state index >= 15 is 0 Å². The molecule has 1 atom stereocenters. The normalized spacial score (nSPS) is 30.3. The molecule has 0 spiro atoms. The molecular weight excluding hydrogens is 222 g/mol. The Morgan fingerprint density at radius 3 is 2.94 bits per heavy atom. The fourth-order valence-electron chi connectivity index (χ4n) is 2.50. The van der Waals surface area contributed by atoms with E-state index in [4.69, 9.17) is 10.9 Å². The summed E-state index contributed by atoms with van der Waals surface area (Å²) in [5.74, 6) is 1.62. The zero-order chi connectivity index (χ0) is 11.6. The quantitative estimate of drug-likeness (QED) is 0.338. The Labute approximate surface area is 101 Å². The fraction of sp³-hybridized carbons (Fsp3) is 0.909. The predicted molar refractivity (Wildman–Crippen MR) is 68.1 cm³/mol. The van der Waals surface area contributed by atoms with Crippen LogP contribution in [-0.4, -0.2) is 46.6 Å². The van der Waals surface area contributed by atoms with Gasteiger partial charge >= 0.3 is 0 Å². The Balaban J connectivity index is 1.84. The third kappa shape index (κ3) is 3.04. The average molecular weight is 243 g/mol. The number of nitrogens with two attached hydrogens (primary N) is 1. The van der Waals surface area contributed by atoms with Crippen molar-refractivity contribution in [2.24, 2.45) is 16.3 Å². The van der Waals surface area contributed by atoms with E-state index in [9.17, 15) is 0 Å². The van der Waals surface area contributed by atoms with Crippen molar-refractivity contribution in [3.8, 4) is 0 Å². The van der Waals surface area contributed by atoms with Gasteiger partial charge in [-0.2, -0.15) is 11.8 Å². The van der Waals surface area contributed by atoms with Gasteiger partial charge in [-0.15, -0.1) is 0 Å². The van der Waals surface area contributed by atoms with Crippen molar-refractivity contribution in [1.29, 1.82) is 0 Å². The maximum Gasteiger partial charge on any atom is 0.139 e. The van der Waals surface area contributed by atoms with Gasteiger partial charge in [0.05, 0.1) is 0 Å². The van der Waals surface area contributed by atoms with Crippen molar-refractivity contribution in [2.45, 2.75) is 31.4 Å². The number of rotatable bonds is 4. The highest BCUT2D eigenvalue weighted by Crippen LogP contribution is 2.49. The van der Waals surface area contributed by atoms with E-state index in [1.165, 1.54) is 31.7 Å². The SMILES string of the molecule is CC1CN(CC2(CC(N)=NO)CC2)CCS1. The van der Waals surface area contributed by atoms with Crippen LogP contribution in [0.15, 0.2) is 5.16 Å². The molecule has 1 unspecified atom stereocenters. The highest BCUT2D eigenvalue weighted by atomic mass is 32.2. The molecule has 0 amide bonds. The molecule has 92 valence electrons. The topological polar surface area (TPSA) is 61.8 Å². The largest absolute Gasteiger partial charge is 0.409 e. The van der Waals surface area contributed by atoms with Crippen molar-refractivity contribution in [3.63, 3.8) is 0 Å². The van der Waals surface area contributed by atoms with E-state index < -0.39 is 0 Å². The maximum atomic E-state index is 8.62. The van der Waals surface area contributed by atoms with Gasteiger partial charge in [-0.05, 0) is 18.3 Å². The monoisotopic (exact) mass is 243 g/mol. The Morgan fingerprint density at radius 1 is 1.62 bits per heavy atom. The second-order valence-corrected chi connectivity index (χ2v) is 6.73. The molecule has 0 aromatic rings. The van der Waals surface area contributed by atoms with Crippen LogP contribution >= 0.6 is 11.8 Å². The number of amidine groups is 1. The number of hydrogen-bond donors (Lipinski definition) is 2. The molecule has 2 fully saturated rings. The first-order valence-corrected chi connectivity index (χ1v) is 6.99. The number of thioether (sulfide) groups is 1. The summed E-state index contributed by atoms with van der Waals surface area (Å²) in [7, 11) is 0. The van der Waals surface area contributed by atoms with Crippen LogP contribution in [0.2, 0.25) is 0 Å². The molecule has 1 heterocycles. The minimum atomic E-state index is 0.317. The lowest BCUT2D eigenvalue weighted by atomic mass is 10.0. The van der Waals surface area contributed by atoms with Gasteiger partial charge in [-0.25, -0.2) is 0 Å². The maximum absolute atomic E-state index is 8.62. The van der Waals surface area contributed by atoms with Crippen molar-refractivity contribution in [2.75, 3.05) is 25.4 Å². The summed E-state index contributed by atoms with van der Waals surface area (Å²) in [5, 5.41) is 12.5. The van der Waals surface area contributed by atoms with Crippen LogP contribution in [0.25, 0.3) is 0 Å². The minimum Gasteiger partial charge on any atom is -0.409 e. The first kappa shape index (κ1) is 12.0. The molecular formula is C11H21N3OS. The number of oxime groups is 1. The lowest BCUT2D eigenvalue weighted by Gasteiger charge is -2.33. The number of nitrogens with zero attached hydrogens (tertiary/aromatic N) is 2. The van der Waals surface area contributed by atoms with E-state index in [2.05, 4.69) is 28.7 Å². The van der Waals surface area contributed by atoms with Crippen LogP contribution in [0.4, 0.5) is 0 Å². The molecule has 4 nitrogen and oxygen atoms in total. The van der Waals surface area contributed by atoms with Crippen LogP contribution in [0.5, 0.6) is 0 Å². The highest BCUT2D eigenvalue weighted by Gasteiger charge is 2.44. The minimum absolute atomic E-state index is 0.317. The van der Waals surface area contributed by atoms with Crippen molar-refractivity contribution >= 4 is 17.6 Å². The molecule has 16 heavy (non-hydrogen) atoms. The van der Waals surface area contributed by atoms with E-state index in [-0.39, 0.29) is 0 Å². The lowest BCUT2D eigenvalue weighted by Crippen LogP contribution is -2.41. The first-order valence-electron chi connectivity index (χ1n) is 5.94. The molecule has 3 N–H and O–H groups in total. The second-order valence-electron chi connectivity index (χ2n) is 5.18. The third-order valence-corrected chi connectivity index (χ3v) is 4.66. The van der Waals surface area contributed by atoms with Crippen molar-refractivity contribution in [3.05, 3.63) is 0 Å². The van der Waals surface area contributed by atoms with Gasteiger partial charge in [0.15, 0.2) is 0 Å². The fourth-order valence-corrected chi connectivity index (χ4v) is 3.58. The summed E-state index contributed by atoms with van der Waals surface area (Å²) >= 11 is 2.06. The molecule has 2 rings (SSSR count). The molecule has 1 aliphatic heterocycles. The number of hydrogen-bond acceptors (Lipinski definition) is 4. The van der Waals surface area contributed by atoms with Crippen LogP contribution in [-0.2, 0) is 0 Å². The van der Waals surface area contributed by atoms with Gasteiger partial charge < -0.3 is 15.8 Å². The molecule has 0 radical (unpaired) electrons. The van der Waals surface area contributed by atoms with E-state index in [0.717, 1.165) is 18.2 Å². The summed E-state index contributed by atoms with van der Waals surface area (Å²) < 4.78 is 0. The molecule has 1 saturated heterocycles. The highest BCUT2D eigenvalue weighted by molar-refractivity contribution is 7.99. The Bertz CT molecular complexity index is 278. The van der Waals surface area contributed by atoms with Gasteiger partial charge in [-0.1, -0.05) is 12.1 Å². The van der Waals surface area contributed by atoms with Gasteiger partial charge in [-0.3, -0.25) is 0 Å². The van der Waals surface area contributed by atoms with Gasteiger partial charge in [0.1, 0.15) is 5.84 Å². The molecule has 5 heteroatoms. The smallest absolute Gasteiger partial charge is 0.139 e. The zero-order valence-corrected chi connectivity index (χ0v) is 10.7. The van der Waals surface area contributed by atoms with Crippen molar-refractivity contribution < 1.29 is 5.21 Å². The van der Waals surface area contributed by atoms with E-state index in [0.29, 0.717) is 11.3 Å². The van der Waals surface area contributed by atoms with E-state index in [1.54, 1.807) is 0 Å². The summed E-state index contributed by atoms with van der Waals surface area (Å²) in [5.41, 5.74) is 5.93. The Kier molecular flexibility index (Phi) is 3.64. The molecule has 0 aromatic carbocycles. The molecule has 2 aliphatic rings. The summed E-state index contributed by atoms with van der Waals surface area (Å²) in [4.78, 5) is 2.54. The third-order valence-electron chi connectivity index (χ3n) is 3.53. The molecule has 1 aliphatic carbocycles. The predicted octanol–water partition coefficient (Wildman–Crippen LogP) is 1.34. The summed E-state index contributed by atoms with van der Waals surface area (Å²) in [6.45, 7) is 5.78. The second kappa shape index (κ2) is 4.84. The Hall–Kier alpha value is -0.420. The molecule has 1 saturated carbocycles. The summed E-state index contributed by atoms with van der Waals surface area (Å²) in [6, 6.07) is 0. The van der Waals surface area contributed by atoms with Crippen LogP contribution in [0, 0.1) is 5.41 Å². The van der Waals surface area contributed by atoms with Gasteiger partial charge in [0.25, 0.3) is 0 Å². The van der Waals surface area contributed by atoms with Crippen molar-refractivity contribution in [1.82, 2.24) is 4.90 Å². The summed E-state index contributed by atoms with van der Waals surface area (Å²) in [6.07, 6.45) is 3.20. The van der Waals surface area contributed by atoms with Crippen LogP contribution in [0.1, 0.15) is 26.2 Å². The molecule has 0 aromatic heterocycles. The Morgan fingerprint density at radius 2 is 2.38 bits per heavy atom. The standard InChI is InChI=1S/C11H21N3OS/c1-9-7-14(4-5-16-9)8-11(2-3-11)6-10(12)13-15/h9,15H,2-8H2,1H3,(H2,12,13). The van der Waals surface area contributed by atoms with Gasteiger partial charge in [0, 0.05) is 37.1 Å².